The van der Waals surface area contributed by atoms with E-state index in [0.717, 1.165) is 11.6 Å². The average Bonchev–Trinajstić information content (AvgIpc) is 2.70. The number of rotatable bonds is 7. The summed E-state index contributed by atoms with van der Waals surface area (Å²) in [5, 5.41) is 15.5. The lowest BCUT2D eigenvalue weighted by Crippen LogP contribution is -2.30. The molecule has 0 aliphatic rings. The van der Waals surface area contributed by atoms with Crippen LogP contribution in [-0.4, -0.2) is 27.7 Å². The standard InChI is InChI=1S/C21H22F2N4O/c1-13(2)18(12-28)26-21-25-17(14-7-4-3-5-8-14)11-19(27-21)24-16-10-6-9-15(22)20(16)23/h3-11,13,18,28H,12H2,1-2H3,(H2,24,25,26,27)/t18-/m1/s1. The van der Waals surface area contributed by atoms with Gasteiger partial charge < -0.3 is 15.7 Å². The number of hydrogen-bond donors (Lipinski definition) is 3. The van der Waals surface area contributed by atoms with Crippen molar-refractivity contribution in [2.75, 3.05) is 17.2 Å². The molecule has 146 valence electrons. The highest BCUT2D eigenvalue weighted by Gasteiger charge is 2.16. The molecule has 0 saturated carbocycles. The number of aliphatic hydroxyl groups excluding tert-OH is 1. The summed E-state index contributed by atoms with van der Waals surface area (Å²) in [6.45, 7) is 3.85. The van der Waals surface area contributed by atoms with Crippen LogP contribution in [-0.2, 0) is 0 Å². The summed E-state index contributed by atoms with van der Waals surface area (Å²) < 4.78 is 27.6. The van der Waals surface area contributed by atoms with Gasteiger partial charge >= 0.3 is 0 Å². The van der Waals surface area contributed by atoms with Crippen LogP contribution >= 0.6 is 0 Å². The van der Waals surface area contributed by atoms with E-state index in [4.69, 9.17) is 0 Å². The summed E-state index contributed by atoms with van der Waals surface area (Å²) in [5.41, 5.74) is 1.44. The Bertz CT molecular complexity index is 935. The van der Waals surface area contributed by atoms with Crippen molar-refractivity contribution in [2.24, 2.45) is 5.92 Å². The van der Waals surface area contributed by atoms with Crippen LogP contribution in [0.5, 0.6) is 0 Å². The first kappa shape index (κ1) is 19.7. The Morgan fingerprint density at radius 1 is 1.00 bits per heavy atom. The zero-order valence-corrected chi connectivity index (χ0v) is 15.7. The summed E-state index contributed by atoms with van der Waals surface area (Å²) >= 11 is 0. The molecular weight excluding hydrogens is 362 g/mol. The third kappa shape index (κ3) is 4.61. The maximum absolute atomic E-state index is 14.1. The fourth-order valence-corrected chi connectivity index (χ4v) is 2.66. The number of aliphatic hydroxyl groups is 1. The predicted octanol–water partition coefficient (Wildman–Crippen LogP) is 4.59. The average molecular weight is 384 g/mol. The van der Waals surface area contributed by atoms with Gasteiger partial charge in [0.2, 0.25) is 5.95 Å². The second-order valence-electron chi connectivity index (χ2n) is 6.73. The summed E-state index contributed by atoms with van der Waals surface area (Å²) in [5.74, 6) is -1.19. The number of nitrogens with one attached hydrogen (secondary N) is 2. The van der Waals surface area contributed by atoms with Crippen molar-refractivity contribution in [2.45, 2.75) is 19.9 Å². The van der Waals surface area contributed by atoms with Crippen molar-refractivity contribution in [1.82, 2.24) is 9.97 Å². The van der Waals surface area contributed by atoms with Gasteiger partial charge in [-0.15, -0.1) is 0 Å². The van der Waals surface area contributed by atoms with Gasteiger partial charge in [-0.05, 0) is 18.1 Å². The van der Waals surface area contributed by atoms with Crippen LogP contribution in [0.1, 0.15) is 13.8 Å². The highest BCUT2D eigenvalue weighted by molar-refractivity contribution is 5.67. The molecule has 0 unspecified atom stereocenters. The highest BCUT2D eigenvalue weighted by Crippen LogP contribution is 2.26. The molecule has 0 aliphatic heterocycles. The van der Waals surface area contributed by atoms with E-state index in [1.807, 2.05) is 44.2 Å². The summed E-state index contributed by atoms with van der Waals surface area (Å²) in [6.07, 6.45) is 0. The Morgan fingerprint density at radius 2 is 1.75 bits per heavy atom. The van der Waals surface area contributed by atoms with E-state index >= 15 is 0 Å². The maximum atomic E-state index is 14.1. The molecule has 1 heterocycles. The number of anilines is 3. The molecule has 5 nitrogen and oxygen atoms in total. The minimum Gasteiger partial charge on any atom is -0.394 e. The molecule has 1 atom stereocenters. The van der Waals surface area contributed by atoms with Gasteiger partial charge in [0.25, 0.3) is 0 Å². The molecule has 0 fully saturated rings. The fourth-order valence-electron chi connectivity index (χ4n) is 2.66. The smallest absolute Gasteiger partial charge is 0.225 e. The molecule has 2 aromatic carbocycles. The molecule has 0 amide bonds. The van der Waals surface area contributed by atoms with Gasteiger partial charge in [0.05, 0.1) is 24.0 Å². The predicted molar refractivity (Wildman–Crippen MR) is 106 cm³/mol. The van der Waals surface area contributed by atoms with Crippen molar-refractivity contribution >= 4 is 17.5 Å². The van der Waals surface area contributed by atoms with Crippen LogP contribution in [0.4, 0.5) is 26.2 Å². The molecule has 0 bridgehead atoms. The van der Waals surface area contributed by atoms with Crippen molar-refractivity contribution in [3.8, 4) is 11.3 Å². The minimum absolute atomic E-state index is 0.0220. The third-order valence-corrected chi connectivity index (χ3v) is 4.33. The molecular formula is C21H22F2N4O. The Balaban J connectivity index is 2.00. The van der Waals surface area contributed by atoms with Crippen LogP contribution in [0.2, 0.25) is 0 Å². The van der Waals surface area contributed by atoms with Crippen molar-refractivity contribution in [3.63, 3.8) is 0 Å². The van der Waals surface area contributed by atoms with Crippen LogP contribution in [0, 0.1) is 17.6 Å². The monoisotopic (exact) mass is 384 g/mol. The van der Waals surface area contributed by atoms with Crippen molar-refractivity contribution < 1.29 is 13.9 Å². The van der Waals surface area contributed by atoms with Gasteiger partial charge in [0.1, 0.15) is 5.82 Å². The molecule has 1 aromatic heterocycles. The van der Waals surface area contributed by atoms with E-state index in [-0.39, 0.29) is 30.2 Å². The van der Waals surface area contributed by atoms with Crippen LogP contribution in [0.15, 0.2) is 54.6 Å². The molecule has 3 aromatic rings. The van der Waals surface area contributed by atoms with Crippen LogP contribution in [0.25, 0.3) is 11.3 Å². The number of halogens is 2. The van der Waals surface area contributed by atoms with Crippen LogP contribution in [0.3, 0.4) is 0 Å². The lowest BCUT2D eigenvalue weighted by molar-refractivity contribution is 0.248. The molecule has 0 aliphatic carbocycles. The highest BCUT2D eigenvalue weighted by atomic mass is 19.2. The van der Waals surface area contributed by atoms with E-state index < -0.39 is 11.6 Å². The summed E-state index contributed by atoms with van der Waals surface area (Å²) in [6, 6.07) is 14.8. The Labute approximate surface area is 162 Å². The lowest BCUT2D eigenvalue weighted by Gasteiger charge is -2.20. The van der Waals surface area contributed by atoms with Crippen molar-refractivity contribution in [3.05, 3.63) is 66.2 Å². The largest absolute Gasteiger partial charge is 0.394 e. The Hall–Kier alpha value is -3.06. The van der Waals surface area contributed by atoms with Gasteiger partial charge in [-0.3, -0.25) is 0 Å². The quantitative estimate of drug-likeness (QED) is 0.556. The van der Waals surface area contributed by atoms with Gasteiger partial charge in [-0.1, -0.05) is 50.2 Å². The molecule has 0 spiro atoms. The normalized spacial score (nSPS) is 12.1. The minimum atomic E-state index is -0.979. The number of nitrogens with zero attached hydrogens (tertiary/aromatic N) is 2. The summed E-state index contributed by atoms with van der Waals surface area (Å²) in [7, 11) is 0. The van der Waals surface area contributed by atoms with E-state index in [2.05, 4.69) is 20.6 Å². The topological polar surface area (TPSA) is 70.1 Å². The Kier molecular flexibility index (Phi) is 6.16. The lowest BCUT2D eigenvalue weighted by atomic mass is 10.1. The molecule has 0 saturated heterocycles. The molecule has 28 heavy (non-hydrogen) atoms. The molecule has 3 N–H and O–H groups in total. The SMILES string of the molecule is CC(C)[C@@H](CO)Nc1nc(Nc2cccc(F)c2F)cc(-c2ccccc2)n1. The van der Waals surface area contributed by atoms with E-state index in [1.54, 1.807) is 6.07 Å². The first-order chi connectivity index (χ1) is 13.5. The fraction of sp³-hybridized carbons (Fsp3) is 0.238. The zero-order chi connectivity index (χ0) is 20.1. The van der Waals surface area contributed by atoms with Gasteiger partial charge in [-0.25, -0.2) is 13.8 Å². The summed E-state index contributed by atoms with van der Waals surface area (Å²) in [4.78, 5) is 8.88. The molecule has 3 rings (SSSR count). The maximum Gasteiger partial charge on any atom is 0.225 e. The third-order valence-electron chi connectivity index (χ3n) is 4.33. The first-order valence-corrected chi connectivity index (χ1v) is 9.01. The zero-order valence-electron chi connectivity index (χ0n) is 15.7. The first-order valence-electron chi connectivity index (χ1n) is 9.01. The van der Waals surface area contributed by atoms with Gasteiger partial charge in [0, 0.05) is 11.6 Å². The number of aromatic nitrogens is 2. The van der Waals surface area contributed by atoms with Crippen molar-refractivity contribution in [1.29, 1.82) is 0 Å². The second kappa shape index (κ2) is 8.75. The van der Waals surface area contributed by atoms with Gasteiger partial charge in [0.15, 0.2) is 11.6 Å². The van der Waals surface area contributed by atoms with Crippen LogP contribution < -0.4 is 10.6 Å². The second-order valence-corrected chi connectivity index (χ2v) is 6.73. The van der Waals surface area contributed by atoms with E-state index in [0.29, 0.717) is 11.5 Å². The Morgan fingerprint density at radius 3 is 2.43 bits per heavy atom. The molecule has 0 radical (unpaired) electrons. The van der Waals surface area contributed by atoms with Gasteiger partial charge in [-0.2, -0.15) is 4.98 Å². The number of benzene rings is 2. The van der Waals surface area contributed by atoms with E-state index in [9.17, 15) is 13.9 Å². The van der Waals surface area contributed by atoms with E-state index in [1.165, 1.54) is 12.1 Å². The number of hydrogen-bond acceptors (Lipinski definition) is 5. The molecule has 7 heteroatoms.